The van der Waals surface area contributed by atoms with Gasteiger partial charge >= 0.3 is 0 Å². The number of hydrogen-bond donors (Lipinski definition) is 0. The van der Waals surface area contributed by atoms with Crippen LogP contribution in [-0.2, 0) is 9.59 Å². The van der Waals surface area contributed by atoms with Gasteiger partial charge in [-0.2, -0.15) is 0 Å². The van der Waals surface area contributed by atoms with Crippen LogP contribution in [0.3, 0.4) is 0 Å². The van der Waals surface area contributed by atoms with Crippen LogP contribution in [0.5, 0.6) is 0 Å². The minimum absolute atomic E-state index is 0.0567. The van der Waals surface area contributed by atoms with E-state index in [4.69, 9.17) is 0 Å². The summed E-state index contributed by atoms with van der Waals surface area (Å²) >= 11 is 3.19. The third-order valence-electron chi connectivity index (χ3n) is 0.278. The summed E-state index contributed by atoms with van der Waals surface area (Å²) in [5.74, 6) is 0. The standard InChI is InChI=1S/C3H2I2O2/c4-2(6)1-3(5)7/h1H2. The maximum Gasteiger partial charge on any atom is 0.200 e. The monoisotopic (exact) mass is 324 g/mol. The van der Waals surface area contributed by atoms with Crippen molar-refractivity contribution in [1.82, 2.24) is 0 Å². The van der Waals surface area contributed by atoms with Crippen molar-refractivity contribution < 1.29 is 9.59 Å². The Balaban J connectivity index is 3.32. The molecule has 0 radical (unpaired) electrons. The lowest BCUT2D eigenvalue weighted by atomic mass is 10.5. The van der Waals surface area contributed by atoms with E-state index in [1.807, 2.05) is 0 Å². The van der Waals surface area contributed by atoms with E-state index < -0.39 is 0 Å². The molecule has 0 N–H and O–H groups in total. The van der Waals surface area contributed by atoms with Crippen molar-refractivity contribution in [2.24, 2.45) is 0 Å². The van der Waals surface area contributed by atoms with Gasteiger partial charge in [-0.3, -0.25) is 9.59 Å². The number of halogens is 2. The fraction of sp³-hybridized carbons (Fsp3) is 0.333. The molecule has 0 aromatic carbocycles. The minimum Gasteiger partial charge on any atom is -0.287 e. The van der Waals surface area contributed by atoms with Gasteiger partial charge in [0.25, 0.3) is 0 Å². The molecule has 0 aliphatic carbocycles. The normalized spacial score (nSPS) is 8.29. The highest BCUT2D eigenvalue weighted by atomic mass is 127. The van der Waals surface area contributed by atoms with Crippen molar-refractivity contribution in [1.29, 1.82) is 0 Å². The lowest BCUT2D eigenvalue weighted by molar-refractivity contribution is -0.116. The first-order chi connectivity index (χ1) is 3.13. The summed E-state index contributed by atoms with van der Waals surface area (Å²) in [4.78, 5) is 20.0. The molecule has 0 aliphatic heterocycles. The number of hydrogen-bond acceptors (Lipinski definition) is 2. The van der Waals surface area contributed by atoms with E-state index in [0.717, 1.165) is 0 Å². The second kappa shape index (κ2) is 3.76. The van der Waals surface area contributed by atoms with Gasteiger partial charge in [-0.15, -0.1) is 0 Å². The molecule has 7 heavy (non-hydrogen) atoms. The summed E-state index contributed by atoms with van der Waals surface area (Å²) in [6.07, 6.45) is 0.0567. The molecule has 0 unspecified atom stereocenters. The van der Waals surface area contributed by atoms with Crippen molar-refractivity contribution in [2.45, 2.75) is 6.42 Å². The van der Waals surface area contributed by atoms with E-state index in [9.17, 15) is 9.59 Å². The van der Waals surface area contributed by atoms with Crippen LogP contribution in [-0.4, -0.2) is 7.58 Å². The fourth-order valence-corrected chi connectivity index (χ4v) is 1.53. The van der Waals surface area contributed by atoms with Crippen LogP contribution in [0.2, 0.25) is 0 Å². The molecular weight excluding hydrogens is 322 g/mol. The van der Waals surface area contributed by atoms with Gasteiger partial charge in [0.2, 0.25) is 7.58 Å². The van der Waals surface area contributed by atoms with E-state index >= 15 is 0 Å². The molecular formula is C3H2I2O2. The lowest BCUT2D eigenvalue weighted by Gasteiger charge is -1.77. The van der Waals surface area contributed by atoms with E-state index in [1.54, 1.807) is 45.2 Å². The molecule has 0 amide bonds. The summed E-state index contributed by atoms with van der Waals surface area (Å²) < 4.78 is -0.200. The highest BCUT2D eigenvalue weighted by molar-refractivity contribution is 14.1. The Kier molecular flexibility index (Phi) is 4.19. The van der Waals surface area contributed by atoms with Crippen LogP contribution in [0.1, 0.15) is 6.42 Å². The molecule has 2 nitrogen and oxygen atoms in total. The molecule has 0 saturated heterocycles. The third kappa shape index (κ3) is 6.80. The summed E-state index contributed by atoms with van der Waals surface area (Å²) in [6.45, 7) is 0. The smallest absolute Gasteiger partial charge is 0.200 e. The number of carbonyl (C=O) groups is 2. The first-order valence-electron chi connectivity index (χ1n) is 1.49. The van der Waals surface area contributed by atoms with Gasteiger partial charge in [0.05, 0.1) is 6.42 Å². The average molecular weight is 324 g/mol. The molecule has 4 heteroatoms. The molecule has 0 aliphatic rings. The molecule has 40 valence electrons. The molecule has 0 atom stereocenters. The number of rotatable bonds is 2. The van der Waals surface area contributed by atoms with Crippen LogP contribution in [0, 0.1) is 0 Å². The van der Waals surface area contributed by atoms with Gasteiger partial charge in [-0.25, -0.2) is 0 Å². The Labute approximate surface area is 68.3 Å². The molecule has 0 saturated carbocycles. The Morgan fingerprint density at radius 3 is 1.43 bits per heavy atom. The van der Waals surface area contributed by atoms with Gasteiger partial charge in [0, 0.05) is 45.2 Å². The summed E-state index contributed by atoms with van der Waals surface area (Å²) in [7, 11) is 0. The first-order valence-corrected chi connectivity index (χ1v) is 3.65. The molecule has 0 bridgehead atoms. The second-order valence-electron chi connectivity index (χ2n) is 0.887. The van der Waals surface area contributed by atoms with Crippen molar-refractivity contribution in [3.8, 4) is 0 Å². The summed E-state index contributed by atoms with van der Waals surface area (Å²) in [5.41, 5.74) is 0. The lowest BCUT2D eigenvalue weighted by Crippen LogP contribution is -1.90. The van der Waals surface area contributed by atoms with Gasteiger partial charge in [0.15, 0.2) is 0 Å². The zero-order chi connectivity index (χ0) is 5.86. The number of carbonyl (C=O) groups excluding carboxylic acids is 2. The van der Waals surface area contributed by atoms with Gasteiger partial charge in [0.1, 0.15) is 0 Å². The Morgan fingerprint density at radius 2 is 1.43 bits per heavy atom. The van der Waals surface area contributed by atoms with Crippen LogP contribution in [0.15, 0.2) is 0 Å². The fourth-order valence-electron chi connectivity index (χ4n) is 0.109. The van der Waals surface area contributed by atoms with Crippen LogP contribution in [0.25, 0.3) is 0 Å². The molecule has 0 aromatic rings. The maximum absolute atomic E-state index is 10.0. The van der Waals surface area contributed by atoms with Gasteiger partial charge < -0.3 is 0 Å². The zero-order valence-corrected chi connectivity index (χ0v) is 7.59. The van der Waals surface area contributed by atoms with E-state index in [0.29, 0.717) is 0 Å². The van der Waals surface area contributed by atoms with Crippen LogP contribution < -0.4 is 0 Å². The topological polar surface area (TPSA) is 34.1 Å². The minimum atomic E-state index is -0.1000. The largest absolute Gasteiger partial charge is 0.287 e. The maximum atomic E-state index is 10.0. The van der Waals surface area contributed by atoms with Crippen molar-refractivity contribution in [3.05, 3.63) is 0 Å². The predicted octanol–water partition coefficient (Wildman–Crippen LogP) is 1.30. The first kappa shape index (κ1) is 7.80. The Morgan fingerprint density at radius 1 is 1.14 bits per heavy atom. The van der Waals surface area contributed by atoms with Crippen molar-refractivity contribution >= 4 is 52.8 Å². The molecule has 0 rings (SSSR count). The van der Waals surface area contributed by atoms with Crippen molar-refractivity contribution in [3.63, 3.8) is 0 Å². The zero-order valence-electron chi connectivity index (χ0n) is 3.28. The second-order valence-corrected chi connectivity index (χ2v) is 3.29. The van der Waals surface area contributed by atoms with E-state index in [1.165, 1.54) is 0 Å². The van der Waals surface area contributed by atoms with Crippen molar-refractivity contribution in [2.75, 3.05) is 0 Å². The molecule has 0 heterocycles. The van der Waals surface area contributed by atoms with Gasteiger partial charge in [-0.05, 0) is 0 Å². The highest BCUT2D eigenvalue weighted by Gasteiger charge is 1.98. The average Bonchev–Trinajstić information content (AvgIpc) is 1.27. The Bertz CT molecular complexity index is 87.1. The quantitative estimate of drug-likeness (QED) is 0.436. The SMILES string of the molecule is O=C(I)CC(=O)I. The van der Waals surface area contributed by atoms with Crippen LogP contribution >= 0.6 is 45.2 Å². The predicted molar refractivity (Wildman–Crippen MR) is 42.7 cm³/mol. The third-order valence-corrected chi connectivity index (χ3v) is 1.04. The van der Waals surface area contributed by atoms with E-state index in [-0.39, 0.29) is 14.0 Å². The Hall–Kier alpha value is 0.800. The van der Waals surface area contributed by atoms with E-state index in [2.05, 4.69) is 0 Å². The summed E-state index contributed by atoms with van der Waals surface area (Å²) in [6, 6.07) is 0. The highest BCUT2D eigenvalue weighted by Crippen LogP contribution is 1.98. The summed E-state index contributed by atoms with van der Waals surface area (Å²) in [5, 5.41) is 0. The van der Waals surface area contributed by atoms with Crippen LogP contribution in [0.4, 0.5) is 0 Å². The van der Waals surface area contributed by atoms with Gasteiger partial charge in [-0.1, -0.05) is 0 Å². The molecule has 0 fully saturated rings. The molecule has 0 aromatic heterocycles. The molecule has 0 spiro atoms.